The van der Waals surface area contributed by atoms with Gasteiger partial charge in [-0.05, 0) is 19.9 Å². The number of rotatable bonds is 3. The molecule has 0 atom stereocenters. The zero-order chi connectivity index (χ0) is 13.0. The van der Waals surface area contributed by atoms with Gasteiger partial charge in [0, 0.05) is 11.3 Å². The number of pyridine rings is 1. The van der Waals surface area contributed by atoms with E-state index >= 15 is 0 Å². The second-order valence-corrected chi connectivity index (χ2v) is 3.19. The lowest BCUT2D eigenvalue weighted by Gasteiger charge is -2.08. The van der Waals surface area contributed by atoms with Gasteiger partial charge in [-0.3, -0.25) is 0 Å². The van der Waals surface area contributed by atoms with Crippen LogP contribution in [-0.2, 0) is 4.74 Å². The summed E-state index contributed by atoms with van der Waals surface area (Å²) in [6, 6.07) is 2.63. The maximum absolute atomic E-state index is 12.6. The number of halogens is 2. The van der Waals surface area contributed by atoms with Gasteiger partial charge in [0.2, 0.25) is 0 Å². The van der Waals surface area contributed by atoms with Crippen LogP contribution >= 0.6 is 0 Å². The lowest BCUT2D eigenvalue weighted by Crippen LogP contribution is -2.12. The lowest BCUT2D eigenvalue weighted by atomic mass is 10.1. The lowest BCUT2D eigenvalue weighted by molar-refractivity contribution is 0.0518. The molecule has 6 heteroatoms. The number of aryl methyl sites for hydroxylation is 1. The molecule has 0 radical (unpaired) electrons. The molecule has 0 unspecified atom stereocenters. The molecule has 0 aliphatic rings. The van der Waals surface area contributed by atoms with E-state index in [0.717, 1.165) is 6.07 Å². The Bertz CT molecular complexity index is 481. The molecular weight excluding hydrogens is 230 g/mol. The Morgan fingerprint density at radius 2 is 2.29 bits per heavy atom. The van der Waals surface area contributed by atoms with Gasteiger partial charge in [0.1, 0.15) is 6.07 Å². The first kappa shape index (κ1) is 13.0. The number of alkyl halides is 2. The van der Waals surface area contributed by atoms with Gasteiger partial charge in [0.25, 0.3) is 6.43 Å². The Morgan fingerprint density at radius 3 is 2.76 bits per heavy atom. The fourth-order valence-corrected chi connectivity index (χ4v) is 1.28. The fourth-order valence-electron chi connectivity index (χ4n) is 1.28. The van der Waals surface area contributed by atoms with Crippen molar-refractivity contribution in [3.63, 3.8) is 0 Å². The molecule has 0 aromatic carbocycles. The van der Waals surface area contributed by atoms with Gasteiger partial charge in [0.05, 0.1) is 12.2 Å². The summed E-state index contributed by atoms with van der Waals surface area (Å²) in [6.45, 7) is 3.08. The van der Waals surface area contributed by atoms with E-state index in [0.29, 0.717) is 0 Å². The number of nitriles is 1. The number of carbonyl (C=O) groups excluding carboxylic acids is 1. The van der Waals surface area contributed by atoms with E-state index in [1.165, 1.54) is 6.92 Å². The average molecular weight is 240 g/mol. The van der Waals surface area contributed by atoms with E-state index in [-0.39, 0.29) is 29.1 Å². The van der Waals surface area contributed by atoms with Crippen molar-refractivity contribution < 1.29 is 18.3 Å². The molecule has 1 aromatic rings. The topological polar surface area (TPSA) is 63.0 Å². The Labute approximate surface area is 96.8 Å². The summed E-state index contributed by atoms with van der Waals surface area (Å²) in [5, 5.41) is 8.79. The Hall–Kier alpha value is -2.03. The number of hydrogen-bond acceptors (Lipinski definition) is 4. The largest absolute Gasteiger partial charge is 0.461 e. The molecule has 90 valence electrons. The highest BCUT2D eigenvalue weighted by Gasteiger charge is 2.20. The Balaban J connectivity index is 3.30. The van der Waals surface area contributed by atoms with Gasteiger partial charge in [0.15, 0.2) is 5.69 Å². The number of aromatic nitrogens is 1. The first-order chi connectivity index (χ1) is 8.01. The van der Waals surface area contributed by atoms with Crippen molar-refractivity contribution in [3.05, 3.63) is 28.6 Å². The standard InChI is InChI=1S/C11H10F2N2O2/c1-3-17-11(16)9-7(5-14)4-8(10(12)13)6(2)15-9/h4,10H,3H2,1-2H3. The van der Waals surface area contributed by atoms with Crippen LogP contribution in [0.4, 0.5) is 8.78 Å². The third kappa shape index (κ3) is 2.75. The zero-order valence-electron chi connectivity index (χ0n) is 9.33. The van der Waals surface area contributed by atoms with Crippen molar-refractivity contribution in [2.75, 3.05) is 6.61 Å². The summed E-state index contributed by atoms with van der Waals surface area (Å²) >= 11 is 0. The quantitative estimate of drug-likeness (QED) is 0.761. The van der Waals surface area contributed by atoms with Crippen LogP contribution in [0, 0.1) is 18.3 Å². The highest BCUT2D eigenvalue weighted by molar-refractivity contribution is 5.90. The van der Waals surface area contributed by atoms with Crippen molar-refractivity contribution in [1.82, 2.24) is 4.98 Å². The van der Waals surface area contributed by atoms with Gasteiger partial charge in [-0.15, -0.1) is 0 Å². The van der Waals surface area contributed by atoms with Crippen LogP contribution in [0.3, 0.4) is 0 Å². The summed E-state index contributed by atoms with van der Waals surface area (Å²) < 4.78 is 29.8. The average Bonchev–Trinajstić information content (AvgIpc) is 2.28. The number of nitrogens with zero attached hydrogens (tertiary/aromatic N) is 2. The number of esters is 1. The number of ether oxygens (including phenoxy) is 1. The van der Waals surface area contributed by atoms with Gasteiger partial charge in [-0.1, -0.05) is 0 Å². The monoisotopic (exact) mass is 240 g/mol. The van der Waals surface area contributed by atoms with Crippen molar-refractivity contribution in [2.45, 2.75) is 20.3 Å². The van der Waals surface area contributed by atoms with E-state index < -0.39 is 12.4 Å². The molecule has 0 aliphatic carbocycles. The molecule has 1 heterocycles. The summed E-state index contributed by atoms with van der Waals surface area (Å²) in [7, 11) is 0. The van der Waals surface area contributed by atoms with E-state index in [4.69, 9.17) is 5.26 Å². The molecule has 0 bridgehead atoms. The SMILES string of the molecule is CCOC(=O)c1nc(C)c(C(F)F)cc1C#N. The molecule has 0 fully saturated rings. The minimum Gasteiger partial charge on any atom is -0.461 e. The van der Waals surface area contributed by atoms with Crippen molar-refractivity contribution >= 4 is 5.97 Å². The summed E-state index contributed by atoms with van der Waals surface area (Å²) in [5.41, 5.74) is -0.766. The highest BCUT2D eigenvalue weighted by Crippen LogP contribution is 2.23. The van der Waals surface area contributed by atoms with Gasteiger partial charge < -0.3 is 4.74 Å². The van der Waals surface area contributed by atoms with Crippen LogP contribution in [0.15, 0.2) is 6.07 Å². The summed E-state index contributed by atoms with van der Waals surface area (Å²) in [5.74, 6) is -0.784. The molecular formula is C11H10F2N2O2. The van der Waals surface area contributed by atoms with E-state index in [1.807, 2.05) is 0 Å². The van der Waals surface area contributed by atoms with E-state index in [2.05, 4.69) is 9.72 Å². The molecule has 0 saturated heterocycles. The van der Waals surface area contributed by atoms with Crippen molar-refractivity contribution in [3.8, 4) is 6.07 Å². The molecule has 1 rings (SSSR count). The maximum Gasteiger partial charge on any atom is 0.358 e. The molecule has 1 aromatic heterocycles. The van der Waals surface area contributed by atoms with E-state index in [1.54, 1.807) is 13.0 Å². The molecule has 17 heavy (non-hydrogen) atoms. The van der Waals surface area contributed by atoms with E-state index in [9.17, 15) is 13.6 Å². The second-order valence-electron chi connectivity index (χ2n) is 3.19. The predicted octanol–water partition coefficient (Wildman–Crippen LogP) is 2.38. The molecule has 0 amide bonds. The number of hydrogen-bond donors (Lipinski definition) is 0. The molecule has 0 saturated carbocycles. The van der Waals surface area contributed by atoms with Crippen LogP contribution in [0.2, 0.25) is 0 Å². The van der Waals surface area contributed by atoms with Crippen molar-refractivity contribution in [2.24, 2.45) is 0 Å². The minimum atomic E-state index is -2.73. The van der Waals surface area contributed by atoms with Crippen LogP contribution in [0.25, 0.3) is 0 Å². The summed E-state index contributed by atoms with van der Waals surface area (Å²) in [6.07, 6.45) is -2.73. The molecule has 4 nitrogen and oxygen atoms in total. The van der Waals surface area contributed by atoms with Crippen molar-refractivity contribution in [1.29, 1.82) is 5.26 Å². The first-order valence-electron chi connectivity index (χ1n) is 4.88. The fraction of sp³-hybridized carbons (Fsp3) is 0.364. The molecule has 0 N–H and O–H groups in total. The minimum absolute atomic E-state index is 0.0158. The zero-order valence-corrected chi connectivity index (χ0v) is 9.33. The first-order valence-corrected chi connectivity index (χ1v) is 4.88. The second kappa shape index (κ2) is 5.34. The van der Waals surface area contributed by atoms with Crippen LogP contribution in [-0.4, -0.2) is 17.6 Å². The van der Waals surface area contributed by atoms with Gasteiger partial charge >= 0.3 is 5.97 Å². The van der Waals surface area contributed by atoms with Gasteiger partial charge in [-0.2, -0.15) is 5.26 Å². The maximum atomic E-state index is 12.6. The number of carbonyl (C=O) groups is 1. The third-order valence-electron chi connectivity index (χ3n) is 2.08. The third-order valence-corrected chi connectivity index (χ3v) is 2.08. The Morgan fingerprint density at radius 1 is 1.65 bits per heavy atom. The van der Waals surface area contributed by atoms with Crippen LogP contribution in [0.5, 0.6) is 0 Å². The smallest absolute Gasteiger partial charge is 0.358 e. The van der Waals surface area contributed by atoms with Crippen LogP contribution < -0.4 is 0 Å². The molecule has 0 spiro atoms. The molecule has 0 aliphatic heterocycles. The normalized spacial score (nSPS) is 10.1. The van der Waals surface area contributed by atoms with Gasteiger partial charge in [-0.25, -0.2) is 18.6 Å². The summed E-state index contributed by atoms with van der Waals surface area (Å²) in [4.78, 5) is 15.1. The van der Waals surface area contributed by atoms with Crippen LogP contribution in [0.1, 0.15) is 40.7 Å². The Kier molecular flexibility index (Phi) is 4.10. The predicted molar refractivity (Wildman–Crippen MR) is 54.6 cm³/mol. The highest BCUT2D eigenvalue weighted by atomic mass is 19.3.